The first-order chi connectivity index (χ1) is 8.08. The smallest absolute Gasteiger partial charge is 0.305 e. The highest BCUT2D eigenvalue weighted by Crippen LogP contribution is 2.30. The van der Waals surface area contributed by atoms with Crippen LogP contribution in [0.15, 0.2) is 18.2 Å². The number of carbonyl (C=O) groups is 1. The SMILES string of the molecule is COC(=O)CC[C@H](C)c1ccc(C)cc1OC. The Morgan fingerprint density at radius 1 is 1.35 bits per heavy atom. The summed E-state index contributed by atoms with van der Waals surface area (Å²) in [4.78, 5) is 11.1. The summed E-state index contributed by atoms with van der Waals surface area (Å²) in [6.45, 7) is 4.13. The van der Waals surface area contributed by atoms with Gasteiger partial charge in [0.2, 0.25) is 0 Å². The van der Waals surface area contributed by atoms with E-state index in [0.717, 1.165) is 17.7 Å². The zero-order chi connectivity index (χ0) is 12.8. The van der Waals surface area contributed by atoms with Crippen LogP contribution in [0, 0.1) is 6.92 Å². The molecular formula is C14H20O3. The lowest BCUT2D eigenvalue weighted by Crippen LogP contribution is -2.04. The molecule has 1 aromatic carbocycles. The number of hydrogen-bond acceptors (Lipinski definition) is 3. The number of hydrogen-bond donors (Lipinski definition) is 0. The molecule has 0 aliphatic rings. The molecule has 0 aliphatic heterocycles. The lowest BCUT2D eigenvalue weighted by atomic mass is 9.94. The van der Waals surface area contributed by atoms with E-state index in [2.05, 4.69) is 23.8 Å². The van der Waals surface area contributed by atoms with Crippen LogP contribution in [0.5, 0.6) is 5.75 Å². The molecule has 0 saturated carbocycles. The van der Waals surface area contributed by atoms with Gasteiger partial charge in [-0.3, -0.25) is 4.79 Å². The number of esters is 1. The number of aryl methyl sites for hydroxylation is 1. The van der Waals surface area contributed by atoms with Gasteiger partial charge in [-0.2, -0.15) is 0 Å². The third-order valence-corrected chi connectivity index (χ3v) is 2.93. The third-order valence-electron chi connectivity index (χ3n) is 2.93. The molecule has 1 aromatic rings. The summed E-state index contributed by atoms with van der Waals surface area (Å²) in [6.07, 6.45) is 1.21. The second kappa shape index (κ2) is 6.28. The molecule has 0 amide bonds. The molecule has 1 atom stereocenters. The van der Waals surface area contributed by atoms with Crippen LogP contribution in [0.3, 0.4) is 0 Å². The minimum absolute atomic E-state index is 0.164. The zero-order valence-electron chi connectivity index (χ0n) is 10.9. The predicted molar refractivity (Wildman–Crippen MR) is 67.4 cm³/mol. The molecule has 0 heterocycles. The van der Waals surface area contributed by atoms with Gasteiger partial charge in [-0.1, -0.05) is 19.1 Å². The highest BCUT2D eigenvalue weighted by atomic mass is 16.5. The Kier molecular flexibility index (Phi) is 5.01. The molecule has 0 unspecified atom stereocenters. The van der Waals surface area contributed by atoms with Crippen molar-refractivity contribution >= 4 is 5.97 Å². The summed E-state index contributed by atoms with van der Waals surface area (Å²) >= 11 is 0. The average molecular weight is 236 g/mol. The minimum atomic E-state index is -0.164. The summed E-state index contributed by atoms with van der Waals surface area (Å²) in [6, 6.07) is 6.15. The van der Waals surface area contributed by atoms with Gasteiger partial charge in [0.25, 0.3) is 0 Å². The van der Waals surface area contributed by atoms with Crippen LogP contribution >= 0.6 is 0 Å². The van der Waals surface area contributed by atoms with Crippen molar-refractivity contribution in [3.8, 4) is 5.75 Å². The van der Waals surface area contributed by atoms with Crippen molar-refractivity contribution < 1.29 is 14.3 Å². The Labute approximate surface area is 103 Å². The highest BCUT2D eigenvalue weighted by Gasteiger charge is 2.13. The van der Waals surface area contributed by atoms with Crippen molar-refractivity contribution in [3.63, 3.8) is 0 Å². The van der Waals surface area contributed by atoms with Gasteiger partial charge < -0.3 is 9.47 Å². The maximum Gasteiger partial charge on any atom is 0.305 e. The number of rotatable bonds is 5. The van der Waals surface area contributed by atoms with Gasteiger partial charge in [-0.25, -0.2) is 0 Å². The molecule has 0 fully saturated rings. The van der Waals surface area contributed by atoms with E-state index in [0.29, 0.717) is 6.42 Å². The molecule has 3 nitrogen and oxygen atoms in total. The van der Waals surface area contributed by atoms with Crippen LogP contribution < -0.4 is 4.74 Å². The summed E-state index contributed by atoms with van der Waals surface area (Å²) in [5.41, 5.74) is 2.31. The maximum atomic E-state index is 11.1. The van der Waals surface area contributed by atoms with Crippen molar-refractivity contribution in [2.24, 2.45) is 0 Å². The van der Waals surface area contributed by atoms with Crippen LogP contribution in [0.25, 0.3) is 0 Å². The van der Waals surface area contributed by atoms with E-state index in [1.54, 1.807) is 7.11 Å². The monoisotopic (exact) mass is 236 g/mol. The molecule has 17 heavy (non-hydrogen) atoms. The molecule has 1 rings (SSSR count). The van der Waals surface area contributed by atoms with E-state index >= 15 is 0 Å². The second-order valence-corrected chi connectivity index (χ2v) is 4.26. The predicted octanol–water partition coefficient (Wildman–Crippen LogP) is 3.06. The number of carbonyl (C=O) groups excluding carboxylic acids is 1. The fraction of sp³-hybridized carbons (Fsp3) is 0.500. The summed E-state index contributed by atoms with van der Waals surface area (Å²) < 4.78 is 10.0. The molecule has 0 aliphatic carbocycles. The van der Waals surface area contributed by atoms with Crippen molar-refractivity contribution in [1.29, 1.82) is 0 Å². The van der Waals surface area contributed by atoms with Crippen LogP contribution in [0.2, 0.25) is 0 Å². The van der Waals surface area contributed by atoms with Crippen molar-refractivity contribution in [2.75, 3.05) is 14.2 Å². The third kappa shape index (κ3) is 3.77. The minimum Gasteiger partial charge on any atom is -0.496 e. The summed E-state index contributed by atoms with van der Waals surface area (Å²) in [7, 11) is 3.09. The fourth-order valence-electron chi connectivity index (χ4n) is 1.82. The first-order valence-corrected chi connectivity index (χ1v) is 5.79. The van der Waals surface area contributed by atoms with Crippen LogP contribution in [-0.2, 0) is 9.53 Å². The molecule has 0 radical (unpaired) electrons. The van der Waals surface area contributed by atoms with E-state index in [1.807, 2.05) is 13.0 Å². The molecule has 0 bridgehead atoms. The molecule has 94 valence electrons. The molecule has 0 saturated heterocycles. The quantitative estimate of drug-likeness (QED) is 0.737. The normalized spacial score (nSPS) is 12.0. The second-order valence-electron chi connectivity index (χ2n) is 4.26. The van der Waals surface area contributed by atoms with Crippen LogP contribution in [0.1, 0.15) is 36.8 Å². The topological polar surface area (TPSA) is 35.5 Å². The molecule has 0 N–H and O–H groups in total. The van der Waals surface area contributed by atoms with E-state index in [1.165, 1.54) is 12.7 Å². The Morgan fingerprint density at radius 3 is 2.65 bits per heavy atom. The first-order valence-electron chi connectivity index (χ1n) is 5.79. The number of ether oxygens (including phenoxy) is 2. The average Bonchev–Trinajstić information content (AvgIpc) is 2.35. The largest absolute Gasteiger partial charge is 0.496 e. The van der Waals surface area contributed by atoms with E-state index in [-0.39, 0.29) is 11.9 Å². The summed E-state index contributed by atoms with van der Waals surface area (Å²) in [5.74, 6) is 1.01. The zero-order valence-corrected chi connectivity index (χ0v) is 10.9. The maximum absolute atomic E-state index is 11.1. The van der Waals surface area contributed by atoms with Gasteiger partial charge in [0.1, 0.15) is 5.75 Å². The Morgan fingerprint density at radius 2 is 2.06 bits per heavy atom. The van der Waals surface area contributed by atoms with Gasteiger partial charge in [-0.05, 0) is 36.5 Å². The van der Waals surface area contributed by atoms with Crippen molar-refractivity contribution in [3.05, 3.63) is 29.3 Å². The standard InChI is InChI=1S/C14H20O3/c1-10-5-7-12(13(9-10)16-3)11(2)6-8-14(15)17-4/h5,7,9,11H,6,8H2,1-4H3/t11-/m0/s1. The van der Waals surface area contributed by atoms with Gasteiger partial charge >= 0.3 is 5.97 Å². The van der Waals surface area contributed by atoms with Crippen LogP contribution in [-0.4, -0.2) is 20.2 Å². The lowest BCUT2D eigenvalue weighted by molar-refractivity contribution is -0.140. The number of benzene rings is 1. The lowest BCUT2D eigenvalue weighted by Gasteiger charge is -2.15. The van der Waals surface area contributed by atoms with E-state index < -0.39 is 0 Å². The molecular weight excluding hydrogens is 216 g/mol. The Bertz CT molecular complexity index is 385. The van der Waals surface area contributed by atoms with Gasteiger partial charge in [0.05, 0.1) is 14.2 Å². The van der Waals surface area contributed by atoms with Crippen molar-refractivity contribution in [2.45, 2.75) is 32.6 Å². The first kappa shape index (κ1) is 13.6. The fourth-order valence-corrected chi connectivity index (χ4v) is 1.82. The van der Waals surface area contributed by atoms with E-state index in [9.17, 15) is 4.79 Å². The molecule has 0 spiro atoms. The van der Waals surface area contributed by atoms with Crippen molar-refractivity contribution in [1.82, 2.24) is 0 Å². The van der Waals surface area contributed by atoms with Gasteiger partial charge in [-0.15, -0.1) is 0 Å². The number of methoxy groups -OCH3 is 2. The molecule has 3 heteroatoms. The van der Waals surface area contributed by atoms with E-state index in [4.69, 9.17) is 4.74 Å². The Hall–Kier alpha value is -1.51. The van der Waals surface area contributed by atoms with Gasteiger partial charge in [0, 0.05) is 6.42 Å². The highest BCUT2D eigenvalue weighted by molar-refractivity contribution is 5.69. The van der Waals surface area contributed by atoms with Crippen LogP contribution in [0.4, 0.5) is 0 Å². The van der Waals surface area contributed by atoms with Gasteiger partial charge in [0.15, 0.2) is 0 Å². The Balaban J connectivity index is 2.74. The molecule has 0 aromatic heterocycles. The summed E-state index contributed by atoms with van der Waals surface area (Å²) in [5, 5.41) is 0.